The minimum absolute atomic E-state index is 0.181. The highest BCUT2D eigenvalue weighted by atomic mass is 16.4. The largest absolute Gasteiger partial charge is 0.465 e. The Labute approximate surface area is 107 Å². The van der Waals surface area contributed by atoms with Gasteiger partial charge in [0, 0.05) is 13.1 Å². The van der Waals surface area contributed by atoms with Crippen LogP contribution in [0, 0.1) is 17.2 Å². The van der Waals surface area contributed by atoms with Crippen LogP contribution in [-0.4, -0.2) is 46.2 Å². The topological polar surface area (TPSA) is 84.6 Å². The van der Waals surface area contributed by atoms with Gasteiger partial charge in [-0.05, 0) is 25.2 Å². The monoisotopic (exact) mass is 253 g/mol. The number of amides is 3. The first-order valence-electron chi connectivity index (χ1n) is 6.18. The Kier molecular flexibility index (Phi) is 4.95. The molecule has 0 aromatic carbocycles. The van der Waals surface area contributed by atoms with Crippen molar-refractivity contribution in [1.29, 1.82) is 5.26 Å². The van der Waals surface area contributed by atoms with Gasteiger partial charge in [-0.3, -0.25) is 0 Å². The summed E-state index contributed by atoms with van der Waals surface area (Å²) in [5.41, 5.74) is 0. The van der Waals surface area contributed by atoms with Gasteiger partial charge in [0.1, 0.15) is 6.04 Å². The van der Waals surface area contributed by atoms with Crippen LogP contribution in [0.4, 0.5) is 9.59 Å². The summed E-state index contributed by atoms with van der Waals surface area (Å²) in [6.45, 7) is 4.58. The fraction of sp³-hybridized carbons (Fsp3) is 0.750. The second-order valence-electron chi connectivity index (χ2n) is 4.88. The fourth-order valence-electron chi connectivity index (χ4n) is 1.95. The van der Waals surface area contributed by atoms with E-state index in [0.29, 0.717) is 25.3 Å². The molecule has 1 heterocycles. The Morgan fingerprint density at radius 3 is 2.72 bits per heavy atom. The first kappa shape index (κ1) is 14.3. The Balaban J connectivity index is 2.71. The lowest BCUT2D eigenvalue weighted by Gasteiger charge is -2.26. The van der Waals surface area contributed by atoms with Crippen LogP contribution in [-0.2, 0) is 0 Å². The van der Waals surface area contributed by atoms with Crippen molar-refractivity contribution in [3.63, 3.8) is 0 Å². The SMILES string of the molecule is CC(C)CCN(C(=O)O)C(=O)N1CCC[C@H]1C#N. The molecule has 1 aliphatic rings. The van der Waals surface area contributed by atoms with Crippen LogP contribution in [0.2, 0.25) is 0 Å². The molecule has 100 valence electrons. The van der Waals surface area contributed by atoms with E-state index in [-0.39, 0.29) is 6.54 Å². The van der Waals surface area contributed by atoms with Gasteiger partial charge in [0.2, 0.25) is 0 Å². The van der Waals surface area contributed by atoms with Gasteiger partial charge in [0.05, 0.1) is 6.07 Å². The number of likely N-dealkylation sites (tertiary alicyclic amines) is 1. The van der Waals surface area contributed by atoms with E-state index in [0.717, 1.165) is 11.3 Å². The number of hydrogen-bond donors (Lipinski definition) is 1. The third-order valence-corrected chi connectivity index (χ3v) is 3.04. The first-order valence-corrected chi connectivity index (χ1v) is 6.18. The average molecular weight is 253 g/mol. The van der Waals surface area contributed by atoms with E-state index in [2.05, 4.69) is 0 Å². The molecular weight excluding hydrogens is 234 g/mol. The molecule has 1 aliphatic heterocycles. The van der Waals surface area contributed by atoms with E-state index in [9.17, 15) is 9.59 Å². The van der Waals surface area contributed by atoms with Gasteiger partial charge in [-0.1, -0.05) is 13.8 Å². The highest BCUT2D eigenvalue weighted by Crippen LogP contribution is 2.19. The van der Waals surface area contributed by atoms with Crippen molar-refractivity contribution in [3.8, 4) is 6.07 Å². The third-order valence-electron chi connectivity index (χ3n) is 3.04. The van der Waals surface area contributed by atoms with Crippen LogP contribution in [0.1, 0.15) is 33.1 Å². The Hall–Kier alpha value is -1.77. The van der Waals surface area contributed by atoms with E-state index >= 15 is 0 Å². The average Bonchev–Trinajstić information content (AvgIpc) is 2.75. The van der Waals surface area contributed by atoms with Crippen molar-refractivity contribution in [3.05, 3.63) is 0 Å². The van der Waals surface area contributed by atoms with Crippen molar-refractivity contribution in [2.24, 2.45) is 5.92 Å². The summed E-state index contributed by atoms with van der Waals surface area (Å²) < 4.78 is 0. The van der Waals surface area contributed by atoms with Crippen molar-refractivity contribution >= 4 is 12.1 Å². The van der Waals surface area contributed by atoms with Crippen LogP contribution in [0.25, 0.3) is 0 Å². The molecular formula is C12H19N3O3. The molecule has 1 atom stereocenters. The van der Waals surface area contributed by atoms with Gasteiger partial charge in [0.25, 0.3) is 0 Å². The Morgan fingerprint density at radius 2 is 2.22 bits per heavy atom. The summed E-state index contributed by atoms with van der Waals surface area (Å²) in [4.78, 5) is 25.4. The van der Waals surface area contributed by atoms with Gasteiger partial charge in [-0.15, -0.1) is 0 Å². The number of rotatable bonds is 3. The van der Waals surface area contributed by atoms with E-state index in [1.54, 1.807) is 0 Å². The smallest absolute Gasteiger partial charge is 0.415 e. The van der Waals surface area contributed by atoms with Crippen LogP contribution in [0.15, 0.2) is 0 Å². The zero-order valence-corrected chi connectivity index (χ0v) is 10.8. The highest BCUT2D eigenvalue weighted by Gasteiger charge is 2.34. The molecule has 0 spiro atoms. The maximum atomic E-state index is 12.1. The minimum atomic E-state index is -1.25. The Bertz CT molecular complexity index is 362. The maximum absolute atomic E-state index is 12.1. The first-order chi connectivity index (χ1) is 8.47. The summed E-state index contributed by atoms with van der Waals surface area (Å²) in [6, 6.07) is 0.989. The molecule has 18 heavy (non-hydrogen) atoms. The Morgan fingerprint density at radius 1 is 1.56 bits per heavy atom. The lowest BCUT2D eigenvalue weighted by Crippen LogP contribution is -2.47. The summed E-state index contributed by atoms with van der Waals surface area (Å²) in [5, 5.41) is 18.0. The summed E-state index contributed by atoms with van der Waals surface area (Å²) in [5.74, 6) is 0.324. The van der Waals surface area contributed by atoms with Gasteiger partial charge in [0.15, 0.2) is 0 Å². The number of carbonyl (C=O) groups is 2. The number of imide groups is 1. The quantitative estimate of drug-likeness (QED) is 0.834. The van der Waals surface area contributed by atoms with E-state index < -0.39 is 18.2 Å². The second-order valence-corrected chi connectivity index (χ2v) is 4.88. The molecule has 0 saturated carbocycles. The van der Waals surface area contributed by atoms with Crippen LogP contribution in [0.5, 0.6) is 0 Å². The molecule has 1 N–H and O–H groups in total. The molecule has 1 saturated heterocycles. The fourth-order valence-corrected chi connectivity index (χ4v) is 1.95. The predicted octanol–water partition coefficient (Wildman–Crippen LogP) is 2.12. The number of hydrogen-bond acceptors (Lipinski definition) is 3. The molecule has 3 amide bonds. The zero-order chi connectivity index (χ0) is 13.7. The predicted molar refractivity (Wildman–Crippen MR) is 64.9 cm³/mol. The molecule has 1 rings (SSSR count). The highest BCUT2D eigenvalue weighted by molar-refractivity contribution is 5.90. The van der Waals surface area contributed by atoms with E-state index in [1.807, 2.05) is 19.9 Å². The normalized spacial score (nSPS) is 18.8. The van der Waals surface area contributed by atoms with Crippen LogP contribution >= 0.6 is 0 Å². The molecule has 6 heteroatoms. The van der Waals surface area contributed by atoms with Gasteiger partial charge < -0.3 is 10.0 Å². The van der Waals surface area contributed by atoms with Crippen molar-refractivity contribution in [1.82, 2.24) is 9.80 Å². The maximum Gasteiger partial charge on any atom is 0.415 e. The number of nitrogens with zero attached hydrogens (tertiary/aromatic N) is 3. The van der Waals surface area contributed by atoms with Gasteiger partial charge in [-0.25, -0.2) is 14.5 Å². The molecule has 6 nitrogen and oxygen atoms in total. The lowest BCUT2D eigenvalue weighted by atomic mass is 10.1. The lowest BCUT2D eigenvalue weighted by molar-refractivity contribution is 0.127. The van der Waals surface area contributed by atoms with E-state index in [1.165, 1.54) is 4.90 Å². The van der Waals surface area contributed by atoms with Gasteiger partial charge >= 0.3 is 12.1 Å². The molecule has 0 radical (unpaired) electrons. The molecule has 1 fully saturated rings. The summed E-state index contributed by atoms with van der Waals surface area (Å²) in [7, 11) is 0. The van der Waals surface area contributed by atoms with Crippen molar-refractivity contribution in [2.45, 2.75) is 39.2 Å². The van der Waals surface area contributed by atoms with Crippen LogP contribution < -0.4 is 0 Å². The third kappa shape index (κ3) is 3.36. The van der Waals surface area contributed by atoms with Crippen molar-refractivity contribution < 1.29 is 14.7 Å². The number of carboxylic acid groups (broad SMARTS) is 1. The molecule has 0 unspecified atom stereocenters. The standard InChI is InChI=1S/C12H19N3O3/c1-9(2)5-7-15(12(17)18)11(16)14-6-3-4-10(14)8-13/h9-10H,3-7H2,1-2H3,(H,17,18)/t10-/m0/s1. The second kappa shape index (κ2) is 6.24. The molecule has 0 aliphatic carbocycles. The molecule has 0 bridgehead atoms. The zero-order valence-electron chi connectivity index (χ0n) is 10.8. The number of nitriles is 1. The molecule has 0 aromatic heterocycles. The molecule has 0 aromatic rings. The minimum Gasteiger partial charge on any atom is -0.465 e. The van der Waals surface area contributed by atoms with Crippen molar-refractivity contribution in [2.75, 3.05) is 13.1 Å². The van der Waals surface area contributed by atoms with Crippen LogP contribution in [0.3, 0.4) is 0 Å². The summed E-state index contributed by atoms with van der Waals surface area (Å²) in [6.07, 6.45) is 0.758. The number of carbonyl (C=O) groups excluding carboxylic acids is 1. The van der Waals surface area contributed by atoms with E-state index in [4.69, 9.17) is 10.4 Å². The number of urea groups is 1. The summed E-state index contributed by atoms with van der Waals surface area (Å²) >= 11 is 0. The van der Waals surface area contributed by atoms with Gasteiger partial charge in [-0.2, -0.15) is 5.26 Å².